The molecule has 1 rings (SSSR count). The molecule has 0 aromatic carbocycles. The van der Waals surface area contributed by atoms with Crippen molar-refractivity contribution in [1.29, 1.82) is 0 Å². The Hall–Kier alpha value is -1.01. The predicted octanol–water partition coefficient (Wildman–Crippen LogP) is -2.07. The zero-order valence-corrected chi connectivity index (χ0v) is 7.32. The molecule has 6 heteroatoms. The highest BCUT2D eigenvalue weighted by atomic mass is 15.6. The molecule has 12 heavy (non-hydrogen) atoms. The molecule has 0 radical (unpaired) electrons. The molecule has 1 saturated heterocycles. The van der Waals surface area contributed by atoms with Crippen LogP contribution in [0.15, 0.2) is 5.10 Å². The number of hydrazone groups is 1. The summed E-state index contributed by atoms with van der Waals surface area (Å²) in [6, 6.07) is 0. The first-order valence-corrected chi connectivity index (χ1v) is 3.96. The van der Waals surface area contributed by atoms with Crippen LogP contribution in [0, 0.1) is 0 Å². The van der Waals surface area contributed by atoms with E-state index in [2.05, 4.69) is 22.5 Å². The zero-order chi connectivity index (χ0) is 8.97. The van der Waals surface area contributed by atoms with Crippen LogP contribution in [-0.4, -0.2) is 49.1 Å². The third kappa shape index (κ3) is 2.55. The van der Waals surface area contributed by atoms with Crippen molar-refractivity contribution in [1.82, 2.24) is 15.3 Å². The quantitative estimate of drug-likeness (QED) is 0.183. The molecule has 0 atom stereocenters. The zero-order valence-electron chi connectivity index (χ0n) is 7.32. The van der Waals surface area contributed by atoms with Gasteiger partial charge in [-0.05, 0) is 7.05 Å². The van der Waals surface area contributed by atoms with E-state index in [1.165, 1.54) is 0 Å². The van der Waals surface area contributed by atoms with Gasteiger partial charge in [0.25, 0.3) is 0 Å². The molecule has 0 aliphatic carbocycles. The second kappa shape index (κ2) is 4.13. The summed E-state index contributed by atoms with van der Waals surface area (Å²) in [5.74, 6) is 5.24. The van der Waals surface area contributed by atoms with E-state index < -0.39 is 0 Å². The van der Waals surface area contributed by atoms with Gasteiger partial charge >= 0.3 is 0 Å². The maximum Gasteiger partial charge on any atom is 0.225 e. The lowest BCUT2D eigenvalue weighted by Crippen LogP contribution is -2.54. The van der Waals surface area contributed by atoms with Crippen molar-refractivity contribution in [3.63, 3.8) is 0 Å². The molecule has 70 valence electrons. The van der Waals surface area contributed by atoms with E-state index in [1.54, 1.807) is 0 Å². The number of nitrogens with zero attached hydrogens (tertiary/aromatic N) is 3. The van der Waals surface area contributed by atoms with Crippen molar-refractivity contribution in [2.75, 3.05) is 33.2 Å². The van der Waals surface area contributed by atoms with Crippen LogP contribution in [0.2, 0.25) is 0 Å². The molecule has 1 fully saturated rings. The van der Waals surface area contributed by atoms with E-state index in [0.717, 1.165) is 26.2 Å². The van der Waals surface area contributed by atoms with E-state index >= 15 is 0 Å². The van der Waals surface area contributed by atoms with Gasteiger partial charge < -0.3 is 16.5 Å². The van der Waals surface area contributed by atoms with Crippen molar-refractivity contribution in [3.8, 4) is 0 Å². The van der Waals surface area contributed by atoms with Crippen LogP contribution in [0.25, 0.3) is 0 Å². The Morgan fingerprint density at radius 2 is 1.92 bits per heavy atom. The minimum absolute atomic E-state index is 0.263. The molecule has 0 bridgehead atoms. The Morgan fingerprint density at radius 1 is 1.33 bits per heavy atom. The topological polar surface area (TPSA) is 82.9 Å². The molecular weight excluding hydrogens is 156 g/mol. The SMILES string of the molecule is CN1CCN(N/C(N)=N/N)CC1. The Kier molecular flexibility index (Phi) is 3.12. The van der Waals surface area contributed by atoms with Crippen LogP contribution in [-0.2, 0) is 0 Å². The molecular formula is C6H16N6. The molecule has 1 aliphatic rings. The van der Waals surface area contributed by atoms with E-state index in [9.17, 15) is 0 Å². The lowest BCUT2D eigenvalue weighted by atomic mass is 10.4. The number of rotatable bonds is 1. The van der Waals surface area contributed by atoms with Crippen LogP contribution in [0.1, 0.15) is 0 Å². The summed E-state index contributed by atoms with van der Waals surface area (Å²) < 4.78 is 0. The minimum Gasteiger partial charge on any atom is -0.367 e. The minimum atomic E-state index is 0.263. The molecule has 0 aromatic heterocycles. The lowest BCUT2D eigenvalue weighted by Gasteiger charge is -2.32. The smallest absolute Gasteiger partial charge is 0.225 e. The van der Waals surface area contributed by atoms with Gasteiger partial charge in [-0.25, -0.2) is 5.01 Å². The molecule has 0 aromatic rings. The average molecular weight is 172 g/mol. The first-order chi connectivity index (χ1) is 5.72. The van der Waals surface area contributed by atoms with Crippen molar-refractivity contribution in [2.45, 2.75) is 0 Å². The molecule has 1 heterocycles. The van der Waals surface area contributed by atoms with Crippen LogP contribution in [0.4, 0.5) is 0 Å². The number of hydrogen-bond acceptors (Lipinski definition) is 4. The van der Waals surface area contributed by atoms with Gasteiger partial charge in [0, 0.05) is 26.2 Å². The number of nitrogens with two attached hydrogens (primary N) is 2. The molecule has 5 N–H and O–H groups in total. The van der Waals surface area contributed by atoms with Gasteiger partial charge in [0.05, 0.1) is 0 Å². The fourth-order valence-corrected chi connectivity index (χ4v) is 1.11. The first kappa shape index (κ1) is 9.08. The third-order valence-electron chi connectivity index (χ3n) is 1.92. The third-order valence-corrected chi connectivity index (χ3v) is 1.92. The van der Waals surface area contributed by atoms with Crippen molar-refractivity contribution >= 4 is 5.96 Å². The van der Waals surface area contributed by atoms with Crippen LogP contribution in [0.5, 0.6) is 0 Å². The summed E-state index contributed by atoms with van der Waals surface area (Å²) in [7, 11) is 2.09. The highest BCUT2D eigenvalue weighted by Gasteiger charge is 2.13. The summed E-state index contributed by atoms with van der Waals surface area (Å²) in [4.78, 5) is 2.26. The second-order valence-electron chi connectivity index (χ2n) is 2.92. The number of guanidine groups is 1. The maximum atomic E-state index is 5.40. The maximum absolute atomic E-state index is 5.40. The largest absolute Gasteiger partial charge is 0.367 e. The van der Waals surface area contributed by atoms with Crippen LogP contribution in [0.3, 0.4) is 0 Å². The Labute approximate surface area is 72.1 Å². The fraction of sp³-hybridized carbons (Fsp3) is 0.833. The molecule has 0 saturated carbocycles. The van der Waals surface area contributed by atoms with Crippen molar-refractivity contribution in [3.05, 3.63) is 0 Å². The van der Waals surface area contributed by atoms with E-state index in [-0.39, 0.29) is 5.96 Å². The van der Waals surface area contributed by atoms with Gasteiger partial charge in [0.15, 0.2) is 0 Å². The summed E-state index contributed by atoms with van der Waals surface area (Å²) in [5.41, 5.74) is 8.30. The van der Waals surface area contributed by atoms with Crippen molar-refractivity contribution < 1.29 is 0 Å². The molecule has 0 spiro atoms. The van der Waals surface area contributed by atoms with Gasteiger partial charge in [-0.15, -0.1) is 5.10 Å². The first-order valence-electron chi connectivity index (χ1n) is 3.96. The number of hydrogen-bond donors (Lipinski definition) is 3. The van der Waals surface area contributed by atoms with Gasteiger partial charge in [0.1, 0.15) is 0 Å². The predicted molar refractivity (Wildman–Crippen MR) is 48.0 cm³/mol. The average Bonchev–Trinajstić information content (AvgIpc) is 2.09. The molecule has 6 nitrogen and oxygen atoms in total. The number of nitrogens with one attached hydrogen (secondary N) is 1. The van der Waals surface area contributed by atoms with Gasteiger partial charge in [-0.1, -0.05) is 0 Å². The van der Waals surface area contributed by atoms with Gasteiger partial charge in [0.2, 0.25) is 5.96 Å². The summed E-state index contributed by atoms with van der Waals surface area (Å²) in [6.07, 6.45) is 0. The second-order valence-corrected chi connectivity index (χ2v) is 2.92. The Bertz CT molecular complexity index is 159. The van der Waals surface area contributed by atoms with Gasteiger partial charge in [-0.2, -0.15) is 0 Å². The highest BCUT2D eigenvalue weighted by molar-refractivity contribution is 5.76. The van der Waals surface area contributed by atoms with Crippen molar-refractivity contribution in [2.24, 2.45) is 16.7 Å². The van der Waals surface area contributed by atoms with E-state index in [4.69, 9.17) is 11.6 Å². The van der Waals surface area contributed by atoms with Gasteiger partial charge in [-0.3, -0.25) is 5.43 Å². The monoisotopic (exact) mass is 172 g/mol. The fourth-order valence-electron chi connectivity index (χ4n) is 1.11. The van der Waals surface area contributed by atoms with Crippen LogP contribution < -0.4 is 17.0 Å². The number of likely N-dealkylation sites (N-methyl/N-ethyl adjacent to an activating group) is 1. The summed E-state index contributed by atoms with van der Waals surface area (Å²) in [5, 5.41) is 5.34. The van der Waals surface area contributed by atoms with E-state index in [1.807, 2.05) is 5.01 Å². The van der Waals surface area contributed by atoms with Crippen LogP contribution >= 0.6 is 0 Å². The Morgan fingerprint density at radius 3 is 2.42 bits per heavy atom. The normalized spacial score (nSPS) is 22.6. The number of piperazine rings is 1. The highest BCUT2D eigenvalue weighted by Crippen LogP contribution is 1.94. The molecule has 1 aliphatic heterocycles. The number of hydrazine groups is 1. The standard InChI is InChI=1S/C6H16N6/c1-11-2-4-12(5-3-11)10-6(7)9-8/h2-5,8H2,1H3,(H3,7,9,10). The lowest BCUT2D eigenvalue weighted by molar-refractivity contribution is 0.130. The van der Waals surface area contributed by atoms with E-state index in [0.29, 0.717) is 0 Å². The summed E-state index contributed by atoms with van der Waals surface area (Å²) in [6.45, 7) is 3.94. The molecule has 0 amide bonds. The summed E-state index contributed by atoms with van der Waals surface area (Å²) >= 11 is 0. The Balaban J connectivity index is 2.26. The molecule has 0 unspecified atom stereocenters.